The number of benzene rings is 1. The van der Waals surface area contributed by atoms with Crippen molar-refractivity contribution >= 4 is 17.2 Å². The predicted octanol–water partition coefficient (Wildman–Crippen LogP) is 2.74. The third kappa shape index (κ3) is 3.93. The van der Waals surface area contributed by atoms with E-state index in [1.54, 1.807) is 25.3 Å². The van der Waals surface area contributed by atoms with Gasteiger partial charge in [0.1, 0.15) is 23.7 Å². The molecule has 2 heterocycles. The molecule has 8 nitrogen and oxygen atoms in total. The molecule has 0 saturated carbocycles. The largest absolute Gasteiger partial charge is 0.496 e. The zero-order chi connectivity index (χ0) is 19.2. The van der Waals surface area contributed by atoms with E-state index in [4.69, 9.17) is 18.9 Å². The van der Waals surface area contributed by atoms with Crippen molar-refractivity contribution in [2.75, 3.05) is 34.5 Å². The number of hydrogen-bond donors (Lipinski definition) is 0. The molecular formula is C18H19N3O5S. The van der Waals surface area contributed by atoms with Gasteiger partial charge < -0.3 is 18.9 Å². The fourth-order valence-corrected chi connectivity index (χ4v) is 3.14. The standard InChI is InChI=1S/C18H19N3O5S/c1-23-9-10-26-18-19-16(14-8-5-11-27-14)21(20-18)17(22)15-12(24-2)6-4-7-13(15)25-3/h4-8,11H,9-10H2,1-3H3. The van der Waals surface area contributed by atoms with Gasteiger partial charge in [-0.2, -0.15) is 9.67 Å². The lowest BCUT2D eigenvalue weighted by Gasteiger charge is -2.12. The second-order valence-corrected chi connectivity index (χ2v) is 6.24. The Kier molecular flexibility index (Phi) is 6.05. The first kappa shape index (κ1) is 18.9. The Morgan fingerprint density at radius 2 is 1.81 bits per heavy atom. The highest BCUT2D eigenvalue weighted by molar-refractivity contribution is 7.13. The zero-order valence-electron chi connectivity index (χ0n) is 15.2. The van der Waals surface area contributed by atoms with Crippen LogP contribution in [0.4, 0.5) is 0 Å². The van der Waals surface area contributed by atoms with Gasteiger partial charge in [-0.3, -0.25) is 4.79 Å². The number of ether oxygens (including phenoxy) is 4. The number of aromatic nitrogens is 3. The molecule has 27 heavy (non-hydrogen) atoms. The maximum atomic E-state index is 13.3. The highest BCUT2D eigenvalue weighted by atomic mass is 32.1. The van der Waals surface area contributed by atoms with E-state index in [1.165, 1.54) is 30.2 Å². The third-order valence-corrected chi connectivity index (χ3v) is 4.55. The Balaban J connectivity index is 2.06. The molecule has 0 saturated heterocycles. The summed E-state index contributed by atoms with van der Waals surface area (Å²) in [6.07, 6.45) is 0. The third-order valence-electron chi connectivity index (χ3n) is 3.68. The Morgan fingerprint density at radius 3 is 2.41 bits per heavy atom. The van der Waals surface area contributed by atoms with E-state index < -0.39 is 5.91 Å². The first-order chi connectivity index (χ1) is 13.2. The van der Waals surface area contributed by atoms with Crippen LogP contribution >= 0.6 is 11.3 Å². The molecule has 0 unspecified atom stereocenters. The van der Waals surface area contributed by atoms with Crippen LogP contribution in [0, 0.1) is 0 Å². The van der Waals surface area contributed by atoms with Gasteiger partial charge >= 0.3 is 6.01 Å². The van der Waals surface area contributed by atoms with Crippen LogP contribution in [0.3, 0.4) is 0 Å². The summed E-state index contributed by atoms with van der Waals surface area (Å²) < 4.78 is 22.3. The summed E-state index contributed by atoms with van der Waals surface area (Å²) >= 11 is 1.45. The normalized spacial score (nSPS) is 10.6. The summed E-state index contributed by atoms with van der Waals surface area (Å²) in [5.41, 5.74) is 0.258. The van der Waals surface area contributed by atoms with Crippen LogP contribution in [0.2, 0.25) is 0 Å². The zero-order valence-corrected chi connectivity index (χ0v) is 16.0. The SMILES string of the molecule is COCCOc1nc(-c2cccs2)n(C(=O)c2c(OC)cccc2OC)n1. The van der Waals surface area contributed by atoms with E-state index in [1.807, 2.05) is 17.5 Å². The summed E-state index contributed by atoms with van der Waals surface area (Å²) in [7, 11) is 4.56. The minimum atomic E-state index is -0.429. The van der Waals surface area contributed by atoms with E-state index in [2.05, 4.69) is 10.1 Å². The van der Waals surface area contributed by atoms with Gasteiger partial charge in [-0.1, -0.05) is 12.1 Å². The van der Waals surface area contributed by atoms with Gasteiger partial charge in [-0.25, -0.2) is 0 Å². The van der Waals surface area contributed by atoms with Gasteiger partial charge in [0.15, 0.2) is 5.82 Å². The van der Waals surface area contributed by atoms with Crippen molar-refractivity contribution in [1.82, 2.24) is 14.8 Å². The predicted molar refractivity (Wildman–Crippen MR) is 100.0 cm³/mol. The summed E-state index contributed by atoms with van der Waals surface area (Å²) in [4.78, 5) is 18.4. The second kappa shape index (κ2) is 8.65. The Labute approximate surface area is 160 Å². The van der Waals surface area contributed by atoms with Crippen molar-refractivity contribution in [2.24, 2.45) is 0 Å². The number of carbonyl (C=O) groups excluding carboxylic acids is 1. The number of hydrogen-bond acceptors (Lipinski definition) is 8. The van der Waals surface area contributed by atoms with Crippen molar-refractivity contribution in [3.8, 4) is 28.2 Å². The van der Waals surface area contributed by atoms with Gasteiger partial charge in [0, 0.05) is 7.11 Å². The molecule has 0 fully saturated rings. The van der Waals surface area contributed by atoms with E-state index >= 15 is 0 Å². The van der Waals surface area contributed by atoms with Crippen molar-refractivity contribution in [1.29, 1.82) is 0 Å². The highest BCUT2D eigenvalue weighted by Crippen LogP contribution is 2.31. The molecule has 0 aliphatic carbocycles. The van der Waals surface area contributed by atoms with Crippen LogP contribution in [-0.4, -0.2) is 55.2 Å². The van der Waals surface area contributed by atoms with Gasteiger partial charge in [0.05, 0.1) is 25.7 Å². The summed E-state index contributed by atoms with van der Waals surface area (Å²) in [6, 6.07) is 8.95. The van der Waals surface area contributed by atoms with Gasteiger partial charge in [-0.15, -0.1) is 16.4 Å². The maximum absolute atomic E-state index is 13.3. The maximum Gasteiger partial charge on any atom is 0.336 e. The molecule has 0 amide bonds. The highest BCUT2D eigenvalue weighted by Gasteiger charge is 2.26. The van der Waals surface area contributed by atoms with Crippen molar-refractivity contribution in [3.05, 3.63) is 41.3 Å². The van der Waals surface area contributed by atoms with Gasteiger partial charge in [0.25, 0.3) is 5.91 Å². The Morgan fingerprint density at radius 1 is 1.07 bits per heavy atom. The fourth-order valence-electron chi connectivity index (χ4n) is 2.45. The molecule has 0 radical (unpaired) electrons. The quantitative estimate of drug-likeness (QED) is 0.548. The van der Waals surface area contributed by atoms with Crippen molar-refractivity contribution in [2.45, 2.75) is 0 Å². The smallest absolute Gasteiger partial charge is 0.336 e. The first-order valence-electron chi connectivity index (χ1n) is 8.08. The molecule has 0 aliphatic rings. The van der Waals surface area contributed by atoms with Crippen LogP contribution in [0.15, 0.2) is 35.7 Å². The van der Waals surface area contributed by atoms with Gasteiger partial charge in [-0.05, 0) is 23.6 Å². The molecule has 9 heteroatoms. The Hall–Kier alpha value is -2.91. The first-order valence-corrected chi connectivity index (χ1v) is 8.96. The van der Waals surface area contributed by atoms with Gasteiger partial charge in [0.2, 0.25) is 0 Å². The lowest BCUT2D eigenvalue weighted by molar-refractivity contribution is 0.0936. The number of thiophene rings is 1. The Bertz CT molecular complexity index is 886. The molecule has 0 aliphatic heterocycles. The van der Waals surface area contributed by atoms with Crippen LogP contribution in [0.5, 0.6) is 17.5 Å². The monoisotopic (exact) mass is 389 g/mol. The fraction of sp³-hybridized carbons (Fsp3) is 0.278. The molecular weight excluding hydrogens is 370 g/mol. The van der Waals surface area contributed by atoms with E-state index in [-0.39, 0.29) is 18.2 Å². The van der Waals surface area contributed by atoms with Crippen LogP contribution in [0.1, 0.15) is 10.4 Å². The lowest BCUT2D eigenvalue weighted by Crippen LogP contribution is -2.17. The van der Waals surface area contributed by atoms with Crippen LogP contribution in [-0.2, 0) is 4.74 Å². The number of nitrogens with zero attached hydrogens (tertiary/aromatic N) is 3. The molecule has 0 bridgehead atoms. The average molecular weight is 389 g/mol. The van der Waals surface area contributed by atoms with Crippen LogP contribution < -0.4 is 14.2 Å². The molecule has 1 aromatic carbocycles. The summed E-state index contributed by atoms with van der Waals surface area (Å²) in [5, 5.41) is 6.14. The van der Waals surface area contributed by atoms with E-state index in [0.717, 1.165) is 4.88 Å². The summed E-state index contributed by atoms with van der Waals surface area (Å²) in [5.74, 6) is 0.722. The van der Waals surface area contributed by atoms with Crippen LogP contribution in [0.25, 0.3) is 10.7 Å². The summed E-state index contributed by atoms with van der Waals surface area (Å²) in [6.45, 7) is 0.660. The molecule has 0 atom stereocenters. The van der Waals surface area contributed by atoms with Crippen molar-refractivity contribution < 1.29 is 23.7 Å². The van der Waals surface area contributed by atoms with E-state index in [9.17, 15) is 4.79 Å². The topological polar surface area (TPSA) is 84.7 Å². The molecule has 3 rings (SSSR count). The van der Waals surface area contributed by atoms with Crippen molar-refractivity contribution in [3.63, 3.8) is 0 Å². The molecule has 142 valence electrons. The number of rotatable bonds is 8. The molecule has 3 aromatic rings. The average Bonchev–Trinajstić information content (AvgIpc) is 3.36. The minimum absolute atomic E-state index is 0.0951. The lowest BCUT2D eigenvalue weighted by atomic mass is 10.1. The minimum Gasteiger partial charge on any atom is -0.496 e. The number of methoxy groups -OCH3 is 3. The van der Waals surface area contributed by atoms with E-state index in [0.29, 0.717) is 23.9 Å². The molecule has 0 N–H and O–H groups in total. The molecule has 2 aromatic heterocycles. The second-order valence-electron chi connectivity index (χ2n) is 5.29. The molecule has 0 spiro atoms. The number of carbonyl (C=O) groups is 1.